The average Bonchev–Trinajstić information content (AvgIpc) is 3.21. The van der Waals surface area contributed by atoms with E-state index in [0.29, 0.717) is 18.3 Å². The maximum Gasteiger partial charge on any atom is 0.145 e. The van der Waals surface area contributed by atoms with Crippen LogP contribution < -0.4 is 16.2 Å². The molecule has 0 amide bonds. The lowest BCUT2D eigenvalue weighted by Gasteiger charge is -2.29. The second-order valence-corrected chi connectivity index (χ2v) is 6.18. The van der Waals surface area contributed by atoms with Crippen molar-refractivity contribution in [3.8, 4) is 0 Å². The molecular weight excluding hydrogens is 254 g/mol. The molecule has 4 N–H and O–H groups in total. The number of aliphatic hydroxyl groups is 1. The topological polar surface area (TPSA) is 87.3 Å². The normalized spacial score (nSPS) is 20.9. The van der Waals surface area contributed by atoms with Crippen molar-refractivity contribution >= 4 is 11.6 Å². The summed E-state index contributed by atoms with van der Waals surface area (Å²) in [6.07, 6.45) is 6.27. The average molecular weight is 277 g/mol. The Morgan fingerprint density at radius 2 is 2.10 bits per heavy atom. The molecule has 2 aliphatic rings. The molecule has 0 bridgehead atoms. The lowest BCUT2D eigenvalue weighted by atomic mass is 10.0. The lowest BCUT2D eigenvalue weighted by molar-refractivity contribution is 0.0558. The van der Waals surface area contributed by atoms with Gasteiger partial charge in [0.25, 0.3) is 0 Å². The van der Waals surface area contributed by atoms with Crippen LogP contribution in [0.2, 0.25) is 0 Å². The summed E-state index contributed by atoms with van der Waals surface area (Å²) < 4.78 is 0. The molecule has 0 aliphatic heterocycles. The molecule has 20 heavy (non-hydrogen) atoms. The molecular formula is C14H23N5O. The molecule has 3 rings (SSSR count). The highest BCUT2D eigenvalue weighted by molar-refractivity contribution is 5.49. The summed E-state index contributed by atoms with van der Waals surface area (Å²) in [6.45, 7) is 0.609. The molecule has 0 saturated heterocycles. The van der Waals surface area contributed by atoms with Gasteiger partial charge in [0.05, 0.1) is 5.60 Å². The van der Waals surface area contributed by atoms with Crippen LogP contribution in [0.5, 0.6) is 0 Å². The second kappa shape index (κ2) is 5.18. The lowest BCUT2D eigenvalue weighted by Crippen LogP contribution is -2.39. The van der Waals surface area contributed by atoms with Crippen molar-refractivity contribution in [2.75, 3.05) is 23.9 Å². The van der Waals surface area contributed by atoms with Crippen LogP contribution in [0, 0.1) is 0 Å². The number of likely N-dealkylation sites (N-methyl/N-ethyl adjacent to an activating group) is 1. The van der Waals surface area contributed by atoms with Gasteiger partial charge in [0.1, 0.15) is 17.5 Å². The zero-order valence-corrected chi connectivity index (χ0v) is 12.0. The minimum atomic E-state index is -0.574. The number of aromatic nitrogens is 2. The first-order chi connectivity index (χ1) is 9.59. The van der Waals surface area contributed by atoms with Crippen LogP contribution in [-0.2, 0) is 0 Å². The molecule has 0 radical (unpaired) electrons. The minimum absolute atomic E-state index is 0.477. The number of hydrogen-bond acceptors (Lipinski definition) is 6. The van der Waals surface area contributed by atoms with Crippen molar-refractivity contribution in [1.82, 2.24) is 9.97 Å². The Balaban J connectivity index is 1.79. The van der Waals surface area contributed by atoms with E-state index in [-0.39, 0.29) is 0 Å². The maximum absolute atomic E-state index is 10.5. The molecule has 0 unspecified atom stereocenters. The molecule has 1 aromatic rings. The first-order valence-electron chi connectivity index (χ1n) is 7.39. The number of nitrogens with zero attached hydrogens (tertiary/aromatic N) is 3. The summed E-state index contributed by atoms with van der Waals surface area (Å²) in [4.78, 5) is 11.0. The summed E-state index contributed by atoms with van der Waals surface area (Å²) in [5, 5.41) is 10.5. The van der Waals surface area contributed by atoms with Gasteiger partial charge in [-0.3, -0.25) is 0 Å². The summed E-state index contributed by atoms with van der Waals surface area (Å²) >= 11 is 0. The second-order valence-electron chi connectivity index (χ2n) is 6.18. The van der Waals surface area contributed by atoms with Gasteiger partial charge in [-0.1, -0.05) is 12.8 Å². The third-order valence-electron chi connectivity index (χ3n) is 4.28. The van der Waals surface area contributed by atoms with E-state index < -0.39 is 5.60 Å². The van der Waals surface area contributed by atoms with Gasteiger partial charge >= 0.3 is 0 Å². The Labute approximate surface area is 119 Å². The predicted molar refractivity (Wildman–Crippen MR) is 78.5 cm³/mol. The highest BCUT2D eigenvalue weighted by Crippen LogP contribution is 2.39. The van der Waals surface area contributed by atoms with Crippen molar-refractivity contribution in [2.24, 2.45) is 5.84 Å². The molecule has 2 aliphatic carbocycles. The van der Waals surface area contributed by atoms with Gasteiger partial charge in [0.15, 0.2) is 0 Å². The fraction of sp³-hybridized carbons (Fsp3) is 0.714. The zero-order valence-electron chi connectivity index (χ0n) is 12.0. The summed E-state index contributed by atoms with van der Waals surface area (Å²) in [5.74, 6) is 8.30. The summed E-state index contributed by atoms with van der Waals surface area (Å²) in [7, 11) is 1.97. The Bertz CT molecular complexity index is 482. The Hall–Kier alpha value is -1.40. The Morgan fingerprint density at radius 1 is 1.40 bits per heavy atom. The first-order valence-corrected chi connectivity index (χ1v) is 7.39. The third kappa shape index (κ3) is 2.86. The number of anilines is 2. The number of rotatable bonds is 5. The minimum Gasteiger partial charge on any atom is -0.388 e. The summed E-state index contributed by atoms with van der Waals surface area (Å²) in [6, 6.07) is 1.84. The monoisotopic (exact) mass is 277 g/mol. The Kier molecular flexibility index (Phi) is 3.52. The van der Waals surface area contributed by atoms with Crippen LogP contribution in [0.25, 0.3) is 0 Å². The van der Waals surface area contributed by atoms with Crippen molar-refractivity contribution < 1.29 is 5.11 Å². The number of nitrogens with one attached hydrogen (secondary N) is 1. The van der Waals surface area contributed by atoms with Crippen LogP contribution in [0.4, 0.5) is 11.6 Å². The van der Waals surface area contributed by atoms with E-state index in [0.717, 1.165) is 50.2 Å². The van der Waals surface area contributed by atoms with E-state index in [9.17, 15) is 5.11 Å². The molecule has 2 fully saturated rings. The van der Waals surface area contributed by atoms with E-state index in [1.807, 2.05) is 18.0 Å². The van der Waals surface area contributed by atoms with Crippen molar-refractivity contribution in [3.05, 3.63) is 11.9 Å². The number of hydrazine groups is 1. The molecule has 0 atom stereocenters. The number of nitrogens with two attached hydrogens (primary N) is 1. The van der Waals surface area contributed by atoms with Crippen LogP contribution in [0.3, 0.4) is 0 Å². The summed E-state index contributed by atoms with van der Waals surface area (Å²) in [5.41, 5.74) is 2.03. The number of hydrogen-bond donors (Lipinski definition) is 3. The van der Waals surface area contributed by atoms with Crippen molar-refractivity contribution in [1.29, 1.82) is 0 Å². The van der Waals surface area contributed by atoms with Crippen LogP contribution in [0.15, 0.2) is 6.07 Å². The maximum atomic E-state index is 10.5. The van der Waals surface area contributed by atoms with E-state index in [1.54, 1.807) is 0 Å². The standard InChI is InChI=1S/C14H23N5O/c1-19(9-14(20)6-2-3-7-14)12-8-11(18-15)16-13(17-12)10-4-5-10/h8,10,20H,2-7,9,15H2,1H3,(H,16,17,18). The largest absolute Gasteiger partial charge is 0.388 e. The van der Waals surface area contributed by atoms with Crippen molar-refractivity contribution in [3.63, 3.8) is 0 Å². The van der Waals surface area contributed by atoms with Crippen LogP contribution >= 0.6 is 0 Å². The molecule has 0 aromatic carbocycles. The number of nitrogen functional groups attached to an aromatic ring is 1. The van der Waals surface area contributed by atoms with Gasteiger partial charge in [-0.2, -0.15) is 0 Å². The zero-order chi connectivity index (χ0) is 14.2. The smallest absolute Gasteiger partial charge is 0.145 e. The van der Waals surface area contributed by atoms with E-state index in [2.05, 4.69) is 15.4 Å². The fourth-order valence-corrected chi connectivity index (χ4v) is 2.96. The molecule has 6 nitrogen and oxygen atoms in total. The molecule has 1 aromatic heterocycles. The fourth-order valence-electron chi connectivity index (χ4n) is 2.96. The Morgan fingerprint density at radius 3 is 2.70 bits per heavy atom. The molecule has 2 saturated carbocycles. The quantitative estimate of drug-likeness (QED) is 0.557. The highest BCUT2D eigenvalue weighted by Gasteiger charge is 2.33. The molecule has 110 valence electrons. The van der Waals surface area contributed by atoms with Gasteiger partial charge in [-0.05, 0) is 25.7 Å². The van der Waals surface area contributed by atoms with E-state index in [4.69, 9.17) is 5.84 Å². The highest BCUT2D eigenvalue weighted by atomic mass is 16.3. The van der Waals surface area contributed by atoms with Crippen LogP contribution in [-0.4, -0.2) is 34.3 Å². The van der Waals surface area contributed by atoms with Gasteiger partial charge < -0.3 is 15.4 Å². The predicted octanol–water partition coefficient (Wildman–Crippen LogP) is 1.38. The molecule has 1 heterocycles. The third-order valence-corrected chi connectivity index (χ3v) is 4.28. The van der Waals surface area contributed by atoms with Gasteiger partial charge in [0.2, 0.25) is 0 Å². The van der Waals surface area contributed by atoms with Gasteiger partial charge in [-0.15, -0.1) is 0 Å². The van der Waals surface area contributed by atoms with E-state index in [1.165, 1.54) is 0 Å². The van der Waals surface area contributed by atoms with E-state index >= 15 is 0 Å². The molecule has 6 heteroatoms. The van der Waals surface area contributed by atoms with Crippen molar-refractivity contribution in [2.45, 2.75) is 50.0 Å². The van der Waals surface area contributed by atoms with Gasteiger partial charge in [0, 0.05) is 25.6 Å². The SMILES string of the molecule is CN(CC1(O)CCCC1)c1cc(NN)nc(C2CC2)n1. The van der Waals surface area contributed by atoms with Gasteiger partial charge in [-0.25, -0.2) is 15.8 Å². The van der Waals surface area contributed by atoms with Crippen LogP contribution in [0.1, 0.15) is 50.3 Å². The molecule has 0 spiro atoms. The first kappa shape index (κ1) is 13.6.